The summed E-state index contributed by atoms with van der Waals surface area (Å²) in [5, 5.41) is 0. The van der Waals surface area contributed by atoms with Crippen molar-refractivity contribution in [2.24, 2.45) is 0 Å². The van der Waals surface area contributed by atoms with Gasteiger partial charge in [-0.25, -0.2) is 4.79 Å². The lowest BCUT2D eigenvalue weighted by molar-refractivity contribution is -0.137. The Labute approximate surface area is 150 Å². The molecule has 134 valence electrons. The molecule has 0 saturated heterocycles. The molecule has 0 amide bonds. The Morgan fingerprint density at radius 1 is 1.08 bits per heavy atom. The molecule has 3 rings (SSSR count). The van der Waals surface area contributed by atoms with Crippen LogP contribution in [0.5, 0.6) is 17.2 Å². The number of hydrogen-bond donors (Lipinski definition) is 0. The molecule has 1 aliphatic heterocycles. The molecule has 0 bridgehead atoms. The highest BCUT2D eigenvalue weighted by Crippen LogP contribution is 2.33. The second-order valence-electron chi connectivity index (χ2n) is 5.45. The van der Waals surface area contributed by atoms with Gasteiger partial charge in [-0.05, 0) is 48.9 Å². The molecule has 0 unspecified atom stereocenters. The maximum Gasteiger partial charge on any atom is 0.342 e. The maximum absolute atomic E-state index is 12.9. The van der Waals surface area contributed by atoms with Crippen LogP contribution in [0.2, 0.25) is 0 Å². The van der Waals surface area contributed by atoms with Crippen LogP contribution in [0.4, 0.5) is 0 Å². The van der Waals surface area contributed by atoms with Crippen LogP contribution in [-0.2, 0) is 9.53 Å². The van der Waals surface area contributed by atoms with Gasteiger partial charge >= 0.3 is 5.97 Å². The first-order valence-corrected chi connectivity index (χ1v) is 8.09. The van der Waals surface area contributed by atoms with Crippen molar-refractivity contribution in [3.05, 3.63) is 59.2 Å². The van der Waals surface area contributed by atoms with E-state index in [1.807, 2.05) is 0 Å². The summed E-state index contributed by atoms with van der Waals surface area (Å²) in [6.07, 6.45) is 1.50. The Balaban J connectivity index is 1.95. The fourth-order valence-electron chi connectivity index (χ4n) is 2.49. The molecule has 6 nitrogen and oxygen atoms in total. The molecule has 0 N–H and O–H groups in total. The molecule has 6 heteroatoms. The second kappa shape index (κ2) is 7.74. The summed E-state index contributed by atoms with van der Waals surface area (Å²) >= 11 is 0. The van der Waals surface area contributed by atoms with E-state index in [-0.39, 0.29) is 19.0 Å². The van der Waals surface area contributed by atoms with Gasteiger partial charge in [-0.15, -0.1) is 0 Å². The number of carbonyl (C=O) groups excluding carboxylic acids is 2. The van der Waals surface area contributed by atoms with Crippen LogP contribution in [0, 0.1) is 0 Å². The summed E-state index contributed by atoms with van der Waals surface area (Å²) in [6.45, 7) is 1.97. The number of esters is 1. The maximum atomic E-state index is 12.9. The second-order valence-corrected chi connectivity index (χ2v) is 5.45. The van der Waals surface area contributed by atoms with Crippen molar-refractivity contribution in [3.8, 4) is 17.2 Å². The molecule has 2 aromatic rings. The van der Waals surface area contributed by atoms with E-state index in [1.54, 1.807) is 56.5 Å². The monoisotopic (exact) mass is 354 g/mol. The lowest BCUT2D eigenvalue weighted by Gasteiger charge is -2.08. The van der Waals surface area contributed by atoms with Gasteiger partial charge in [0.1, 0.15) is 11.3 Å². The molecule has 2 aromatic carbocycles. The lowest BCUT2D eigenvalue weighted by Crippen LogP contribution is -2.16. The Bertz CT molecular complexity index is 851. The smallest absolute Gasteiger partial charge is 0.342 e. The first-order chi connectivity index (χ1) is 12.6. The number of hydrogen-bond acceptors (Lipinski definition) is 6. The highest BCUT2D eigenvalue weighted by molar-refractivity contribution is 6.27. The Hall–Kier alpha value is -3.28. The minimum atomic E-state index is -0.675. The zero-order valence-corrected chi connectivity index (χ0v) is 14.5. The van der Waals surface area contributed by atoms with Crippen molar-refractivity contribution in [2.75, 3.05) is 20.5 Å². The first kappa shape index (κ1) is 17.5. The van der Waals surface area contributed by atoms with E-state index < -0.39 is 11.8 Å². The molecular weight excluding hydrogens is 336 g/mol. The molecule has 1 aliphatic rings. The molecule has 0 radical (unpaired) electrons. The predicted octanol–water partition coefficient (Wildman–Crippen LogP) is 3.25. The largest absolute Gasteiger partial charge is 0.497 e. The normalized spacial score (nSPS) is 12.6. The van der Waals surface area contributed by atoms with Gasteiger partial charge in [-0.3, -0.25) is 4.79 Å². The van der Waals surface area contributed by atoms with Gasteiger partial charge in [0.15, 0.2) is 17.3 Å². The average molecular weight is 354 g/mol. The summed E-state index contributed by atoms with van der Waals surface area (Å²) in [7, 11) is 1.57. The zero-order valence-electron chi connectivity index (χ0n) is 14.5. The van der Waals surface area contributed by atoms with Gasteiger partial charge in [0.2, 0.25) is 6.79 Å². The van der Waals surface area contributed by atoms with E-state index in [2.05, 4.69) is 0 Å². The summed E-state index contributed by atoms with van der Waals surface area (Å²) in [5.41, 5.74) is 0.945. The number of carbonyl (C=O) groups is 2. The third-order valence-corrected chi connectivity index (χ3v) is 3.80. The topological polar surface area (TPSA) is 71.1 Å². The number of Topliss-reactive ketones (excluding diaryl/α,β-unsaturated/α-hetero) is 1. The number of fused-ring (bicyclic) bond motifs is 1. The van der Waals surface area contributed by atoms with Crippen LogP contribution in [0.1, 0.15) is 22.8 Å². The van der Waals surface area contributed by atoms with E-state index in [0.29, 0.717) is 28.4 Å². The Kier molecular flexibility index (Phi) is 5.22. The molecule has 1 heterocycles. The van der Waals surface area contributed by atoms with Crippen LogP contribution in [0.25, 0.3) is 6.08 Å². The Morgan fingerprint density at radius 2 is 1.81 bits per heavy atom. The van der Waals surface area contributed by atoms with Gasteiger partial charge in [0.25, 0.3) is 0 Å². The quantitative estimate of drug-likeness (QED) is 0.261. The molecule has 0 aliphatic carbocycles. The lowest BCUT2D eigenvalue weighted by atomic mass is 10.0. The van der Waals surface area contributed by atoms with Crippen LogP contribution in [-0.4, -0.2) is 32.3 Å². The summed E-state index contributed by atoms with van der Waals surface area (Å²) in [6, 6.07) is 11.8. The number of methoxy groups -OCH3 is 1. The highest BCUT2D eigenvalue weighted by Gasteiger charge is 2.23. The zero-order chi connectivity index (χ0) is 18.5. The molecule has 26 heavy (non-hydrogen) atoms. The minimum absolute atomic E-state index is 0.0594. The van der Waals surface area contributed by atoms with Crippen molar-refractivity contribution in [3.63, 3.8) is 0 Å². The van der Waals surface area contributed by atoms with Crippen LogP contribution in [0.15, 0.2) is 48.0 Å². The summed E-state index contributed by atoms with van der Waals surface area (Å²) in [4.78, 5) is 25.2. The number of ether oxygens (including phenoxy) is 4. The summed E-state index contributed by atoms with van der Waals surface area (Å²) < 4.78 is 20.7. The SMILES string of the molecule is CCOC(=O)/C(=C\c1ccc(OC)cc1)C(=O)c1ccc2c(c1)OCO2. The van der Waals surface area contributed by atoms with Crippen molar-refractivity contribution in [1.29, 1.82) is 0 Å². The number of ketones is 1. The van der Waals surface area contributed by atoms with E-state index in [9.17, 15) is 9.59 Å². The van der Waals surface area contributed by atoms with E-state index in [4.69, 9.17) is 18.9 Å². The van der Waals surface area contributed by atoms with Gasteiger partial charge in [-0.1, -0.05) is 12.1 Å². The van der Waals surface area contributed by atoms with Crippen molar-refractivity contribution < 1.29 is 28.5 Å². The molecular formula is C20H18O6. The van der Waals surface area contributed by atoms with E-state index in [1.165, 1.54) is 6.08 Å². The fourth-order valence-corrected chi connectivity index (χ4v) is 2.49. The van der Waals surface area contributed by atoms with Crippen molar-refractivity contribution in [1.82, 2.24) is 0 Å². The average Bonchev–Trinajstić information content (AvgIpc) is 3.14. The van der Waals surface area contributed by atoms with Crippen LogP contribution >= 0.6 is 0 Å². The van der Waals surface area contributed by atoms with Crippen LogP contribution in [0.3, 0.4) is 0 Å². The molecule has 0 spiro atoms. The number of rotatable bonds is 6. The van der Waals surface area contributed by atoms with Gasteiger partial charge in [-0.2, -0.15) is 0 Å². The molecule has 0 aromatic heterocycles. The van der Waals surface area contributed by atoms with Gasteiger partial charge in [0, 0.05) is 5.56 Å². The molecule has 0 fully saturated rings. The van der Waals surface area contributed by atoms with Gasteiger partial charge < -0.3 is 18.9 Å². The van der Waals surface area contributed by atoms with Gasteiger partial charge in [0.05, 0.1) is 13.7 Å². The van der Waals surface area contributed by atoms with E-state index >= 15 is 0 Å². The standard InChI is InChI=1S/C20H18O6/c1-3-24-20(22)16(10-13-4-7-15(23-2)8-5-13)19(21)14-6-9-17-18(11-14)26-12-25-17/h4-11H,3,12H2,1-2H3/b16-10-. The highest BCUT2D eigenvalue weighted by atomic mass is 16.7. The van der Waals surface area contributed by atoms with Crippen molar-refractivity contribution >= 4 is 17.8 Å². The first-order valence-electron chi connectivity index (χ1n) is 8.09. The Morgan fingerprint density at radius 3 is 2.50 bits per heavy atom. The minimum Gasteiger partial charge on any atom is -0.497 e. The van der Waals surface area contributed by atoms with E-state index in [0.717, 1.165) is 0 Å². The van der Waals surface area contributed by atoms with Crippen molar-refractivity contribution in [2.45, 2.75) is 6.92 Å². The third-order valence-electron chi connectivity index (χ3n) is 3.80. The predicted molar refractivity (Wildman–Crippen MR) is 94.5 cm³/mol. The molecule has 0 saturated carbocycles. The third kappa shape index (κ3) is 3.69. The summed E-state index contributed by atoms with van der Waals surface area (Å²) in [5.74, 6) is 0.604. The number of benzene rings is 2. The van der Waals surface area contributed by atoms with Crippen LogP contribution < -0.4 is 14.2 Å². The molecule has 0 atom stereocenters. The fraction of sp³-hybridized carbons (Fsp3) is 0.200.